The van der Waals surface area contributed by atoms with E-state index >= 15 is 0 Å². The van der Waals surface area contributed by atoms with Crippen molar-refractivity contribution < 1.29 is 23.9 Å². The van der Waals surface area contributed by atoms with E-state index in [-0.39, 0.29) is 50.2 Å². The maximum atomic E-state index is 13.3. The molecule has 9 heteroatoms. The van der Waals surface area contributed by atoms with E-state index in [2.05, 4.69) is 5.32 Å². The van der Waals surface area contributed by atoms with Crippen molar-refractivity contribution in [3.63, 3.8) is 0 Å². The number of amides is 3. The van der Waals surface area contributed by atoms with Gasteiger partial charge in [-0.3, -0.25) is 19.2 Å². The molecular weight excluding hydrogens is 472 g/mol. The predicted octanol–water partition coefficient (Wildman–Crippen LogP) is 1.70. The van der Waals surface area contributed by atoms with Crippen LogP contribution in [-0.4, -0.2) is 67.3 Å². The summed E-state index contributed by atoms with van der Waals surface area (Å²) < 4.78 is 5.09. The van der Waals surface area contributed by atoms with Crippen LogP contribution in [0.3, 0.4) is 0 Å². The Morgan fingerprint density at radius 1 is 1.08 bits per heavy atom. The summed E-state index contributed by atoms with van der Waals surface area (Å²) in [5.41, 5.74) is 11.6. The van der Waals surface area contributed by atoms with Crippen LogP contribution in [0.25, 0.3) is 10.8 Å². The molecular formula is C28H38N4O5. The largest absolute Gasteiger partial charge is 0.370 e. The summed E-state index contributed by atoms with van der Waals surface area (Å²) in [4.78, 5) is 51.9. The summed E-state index contributed by atoms with van der Waals surface area (Å²) in [5.74, 6) is -1.47. The Bertz CT molecular complexity index is 1080. The van der Waals surface area contributed by atoms with Crippen LogP contribution in [-0.2, 0) is 30.3 Å². The second kappa shape index (κ2) is 14.4. The summed E-state index contributed by atoms with van der Waals surface area (Å²) in [6, 6.07) is 13.4. The summed E-state index contributed by atoms with van der Waals surface area (Å²) in [6.07, 6.45) is 3.70. The maximum Gasteiger partial charge on any atom is 0.243 e. The predicted molar refractivity (Wildman–Crippen MR) is 141 cm³/mol. The van der Waals surface area contributed by atoms with Gasteiger partial charge in [0, 0.05) is 25.4 Å². The van der Waals surface area contributed by atoms with Crippen LogP contribution >= 0.6 is 0 Å². The highest BCUT2D eigenvalue weighted by atomic mass is 16.5. The van der Waals surface area contributed by atoms with Gasteiger partial charge in [-0.15, -0.1) is 0 Å². The maximum absolute atomic E-state index is 13.3. The van der Waals surface area contributed by atoms with Gasteiger partial charge in [0.25, 0.3) is 0 Å². The summed E-state index contributed by atoms with van der Waals surface area (Å²) in [7, 11) is 0. The molecule has 1 aliphatic rings. The van der Waals surface area contributed by atoms with Crippen molar-refractivity contribution in [2.24, 2.45) is 17.4 Å². The summed E-state index contributed by atoms with van der Waals surface area (Å²) in [5, 5.41) is 4.90. The molecule has 2 aromatic carbocycles. The van der Waals surface area contributed by atoms with Crippen molar-refractivity contribution in [1.82, 2.24) is 10.2 Å². The molecule has 5 N–H and O–H groups in total. The SMILES string of the molecule is NCCCC[C@H](CC(=O)[C@@H]1CCCN1C(=O)Cc1cccc2ccccc12)C(=O)NCCOCC(N)=O. The van der Waals surface area contributed by atoms with Gasteiger partial charge in [-0.2, -0.15) is 0 Å². The number of nitrogens with one attached hydrogen (secondary N) is 1. The minimum Gasteiger partial charge on any atom is -0.370 e. The molecule has 0 saturated carbocycles. The van der Waals surface area contributed by atoms with E-state index in [0.29, 0.717) is 25.9 Å². The first-order chi connectivity index (χ1) is 17.9. The van der Waals surface area contributed by atoms with Gasteiger partial charge >= 0.3 is 0 Å². The van der Waals surface area contributed by atoms with Gasteiger partial charge in [0.1, 0.15) is 6.61 Å². The van der Waals surface area contributed by atoms with Gasteiger partial charge < -0.3 is 26.4 Å². The lowest BCUT2D eigenvalue weighted by molar-refractivity contribution is -0.138. The molecule has 0 unspecified atom stereocenters. The molecule has 0 bridgehead atoms. The van der Waals surface area contributed by atoms with Crippen molar-refractivity contribution in [1.29, 1.82) is 0 Å². The van der Waals surface area contributed by atoms with E-state index in [0.717, 1.165) is 35.6 Å². The van der Waals surface area contributed by atoms with Crippen molar-refractivity contribution in [3.8, 4) is 0 Å². The second-order valence-electron chi connectivity index (χ2n) is 9.52. The number of fused-ring (bicyclic) bond motifs is 1. The lowest BCUT2D eigenvalue weighted by Gasteiger charge is -2.26. The van der Waals surface area contributed by atoms with E-state index in [9.17, 15) is 19.2 Å². The molecule has 1 fully saturated rings. The number of nitrogens with zero attached hydrogens (tertiary/aromatic N) is 1. The number of Topliss-reactive ketones (excluding diaryl/α,β-unsaturated/α-hetero) is 1. The number of rotatable bonds is 15. The number of likely N-dealkylation sites (tertiary alicyclic amines) is 1. The molecule has 2 atom stereocenters. The Morgan fingerprint density at radius 3 is 2.65 bits per heavy atom. The normalized spacial score (nSPS) is 16.0. The topological polar surface area (TPSA) is 145 Å². The number of hydrogen-bond acceptors (Lipinski definition) is 6. The van der Waals surface area contributed by atoms with E-state index in [1.165, 1.54) is 0 Å². The third-order valence-electron chi connectivity index (χ3n) is 6.78. The molecule has 0 spiro atoms. The molecule has 1 aliphatic heterocycles. The number of carbonyl (C=O) groups excluding carboxylic acids is 4. The van der Waals surface area contributed by atoms with Crippen molar-refractivity contribution >= 4 is 34.3 Å². The molecule has 9 nitrogen and oxygen atoms in total. The first-order valence-corrected chi connectivity index (χ1v) is 13.0. The molecule has 200 valence electrons. The number of ketones is 1. The molecule has 0 aliphatic carbocycles. The van der Waals surface area contributed by atoms with Crippen LogP contribution in [0, 0.1) is 5.92 Å². The van der Waals surface area contributed by atoms with Crippen molar-refractivity contribution in [2.45, 2.75) is 51.0 Å². The van der Waals surface area contributed by atoms with Gasteiger partial charge in [0.05, 0.1) is 19.1 Å². The zero-order chi connectivity index (χ0) is 26.6. The molecule has 1 heterocycles. The van der Waals surface area contributed by atoms with Gasteiger partial charge in [-0.25, -0.2) is 0 Å². The van der Waals surface area contributed by atoms with Gasteiger partial charge in [0.2, 0.25) is 17.7 Å². The molecule has 2 aromatic rings. The number of nitrogens with two attached hydrogens (primary N) is 2. The van der Waals surface area contributed by atoms with Crippen LogP contribution < -0.4 is 16.8 Å². The van der Waals surface area contributed by atoms with E-state index in [4.69, 9.17) is 16.2 Å². The molecule has 3 rings (SSSR count). The second-order valence-corrected chi connectivity index (χ2v) is 9.52. The zero-order valence-corrected chi connectivity index (χ0v) is 21.3. The van der Waals surface area contributed by atoms with Crippen LogP contribution in [0.2, 0.25) is 0 Å². The summed E-state index contributed by atoms with van der Waals surface area (Å²) >= 11 is 0. The fourth-order valence-corrected chi connectivity index (χ4v) is 4.91. The van der Waals surface area contributed by atoms with Crippen LogP contribution in [0.4, 0.5) is 0 Å². The number of benzene rings is 2. The fourth-order valence-electron chi connectivity index (χ4n) is 4.91. The van der Waals surface area contributed by atoms with Gasteiger partial charge in [-0.1, -0.05) is 48.9 Å². The number of ether oxygens (including phenoxy) is 1. The van der Waals surface area contributed by atoms with Crippen molar-refractivity contribution in [3.05, 3.63) is 48.0 Å². The third kappa shape index (κ3) is 8.36. The highest BCUT2D eigenvalue weighted by molar-refractivity contribution is 5.95. The smallest absolute Gasteiger partial charge is 0.243 e. The van der Waals surface area contributed by atoms with Crippen LogP contribution in [0.5, 0.6) is 0 Å². The zero-order valence-electron chi connectivity index (χ0n) is 21.3. The average Bonchev–Trinajstić information content (AvgIpc) is 3.38. The minimum atomic E-state index is -0.576. The molecule has 0 aromatic heterocycles. The number of carbonyl (C=O) groups is 4. The molecule has 3 amide bonds. The van der Waals surface area contributed by atoms with E-state index in [1.54, 1.807) is 4.90 Å². The Morgan fingerprint density at radius 2 is 1.86 bits per heavy atom. The van der Waals surface area contributed by atoms with E-state index < -0.39 is 17.9 Å². The van der Waals surface area contributed by atoms with E-state index in [1.807, 2.05) is 42.5 Å². The summed E-state index contributed by atoms with van der Waals surface area (Å²) in [6.45, 7) is 1.21. The number of unbranched alkanes of at least 4 members (excludes halogenated alkanes) is 1. The lowest BCUT2D eigenvalue weighted by Crippen LogP contribution is -2.43. The number of hydrogen-bond donors (Lipinski definition) is 3. The quantitative estimate of drug-likeness (QED) is 0.311. The Labute approximate surface area is 217 Å². The van der Waals surface area contributed by atoms with Gasteiger partial charge in [-0.05, 0) is 48.6 Å². The lowest BCUT2D eigenvalue weighted by atomic mass is 9.91. The molecule has 1 saturated heterocycles. The Balaban J connectivity index is 1.61. The van der Waals surface area contributed by atoms with Crippen LogP contribution in [0.1, 0.15) is 44.1 Å². The van der Waals surface area contributed by atoms with Gasteiger partial charge in [0.15, 0.2) is 5.78 Å². The van der Waals surface area contributed by atoms with Crippen LogP contribution in [0.15, 0.2) is 42.5 Å². The molecule has 37 heavy (non-hydrogen) atoms. The van der Waals surface area contributed by atoms with Crippen molar-refractivity contribution in [2.75, 3.05) is 32.8 Å². The average molecular weight is 511 g/mol. The Kier molecular flexibility index (Phi) is 11.0. The standard InChI is InChI=1S/C28H38N4O5/c29-13-4-3-8-22(28(36)31-14-16-37-19-26(30)34)17-25(33)24-12-6-15-32(24)27(35)18-21-10-5-9-20-7-1-2-11-23(20)21/h1-2,5,7,9-11,22,24H,3-4,6,8,12-19,29H2,(H2,30,34)(H,31,36)/t22-,24+/m1/s1. The highest BCUT2D eigenvalue weighted by Crippen LogP contribution is 2.25. The fraction of sp³-hybridized carbons (Fsp3) is 0.500. The number of primary amides is 1. The molecule has 0 radical (unpaired) electrons. The first-order valence-electron chi connectivity index (χ1n) is 13.0. The Hall–Kier alpha value is -3.30. The minimum absolute atomic E-state index is 0.0667. The third-order valence-corrected chi connectivity index (χ3v) is 6.78. The monoisotopic (exact) mass is 510 g/mol. The highest BCUT2D eigenvalue weighted by Gasteiger charge is 2.35. The first kappa shape index (κ1) is 28.3.